The molecule has 1 aliphatic rings. The molecule has 0 bridgehead atoms. The predicted octanol–water partition coefficient (Wildman–Crippen LogP) is 3.84. The highest BCUT2D eigenvalue weighted by atomic mass is 19.4. The van der Waals surface area contributed by atoms with Crippen molar-refractivity contribution in [2.24, 2.45) is 5.92 Å². The molecule has 0 amide bonds. The summed E-state index contributed by atoms with van der Waals surface area (Å²) in [4.78, 5) is 1.95. The lowest BCUT2D eigenvalue weighted by molar-refractivity contribution is -0.137. The second-order valence-corrected chi connectivity index (χ2v) is 4.86. The Morgan fingerprint density at radius 2 is 2.16 bits per heavy atom. The molecule has 5 heteroatoms. The molecule has 0 spiro atoms. The van der Waals surface area contributed by atoms with Crippen LogP contribution in [0.1, 0.15) is 24.8 Å². The molecule has 1 saturated heterocycles. The van der Waals surface area contributed by atoms with Crippen molar-refractivity contribution in [2.45, 2.75) is 25.4 Å². The van der Waals surface area contributed by atoms with Crippen LogP contribution < -0.4 is 4.90 Å². The monoisotopic (exact) mass is 268 g/mol. The van der Waals surface area contributed by atoms with Crippen LogP contribution in [0.5, 0.6) is 0 Å². The largest absolute Gasteiger partial charge is 0.416 e. The van der Waals surface area contributed by atoms with E-state index in [0.29, 0.717) is 18.7 Å². The second-order valence-electron chi connectivity index (χ2n) is 4.86. The van der Waals surface area contributed by atoms with Gasteiger partial charge in [-0.25, -0.2) is 0 Å². The summed E-state index contributed by atoms with van der Waals surface area (Å²) < 4.78 is 38.0. The third-order valence-electron chi connectivity index (χ3n) is 3.44. The topological polar surface area (TPSA) is 27.0 Å². The van der Waals surface area contributed by atoms with Crippen LogP contribution in [0.3, 0.4) is 0 Å². The minimum absolute atomic E-state index is 0.258. The summed E-state index contributed by atoms with van der Waals surface area (Å²) in [6, 6.07) is 7.55. The first-order chi connectivity index (χ1) is 9.00. The molecule has 0 aromatic heterocycles. The Morgan fingerprint density at radius 1 is 1.37 bits per heavy atom. The van der Waals surface area contributed by atoms with E-state index < -0.39 is 11.7 Å². The van der Waals surface area contributed by atoms with Gasteiger partial charge in [0.2, 0.25) is 0 Å². The number of halogens is 3. The van der Waals surface area contributed by atoms with Crippen LogP contribution in [0.2, 0.25) is 0 Å². The molecule has 2 rings (SSSR count). The summed E-state index contributed by atoms with van der Waals surface area (Å²) in [5.41, 5.74) is -0.0233. The normalized spacial score (nSPS) is 20.1. The van der Waals surface area contributed by atoms with Crippen molar-refractivity contribution in [1.82, 2.24) is 0 Å². The quantitative estimate of drug-likeness (QED) is 0.815. The van der Waals surface area contributed by atoms with Crippen molar-refractivity contribution in [2.75, 3.05) is 18.0 Å². The van der Waals surface area contributed by atoms with Crippen molar-refractivity contribution >= 4 is 5.69 Å². The van der Waals surface area contributed by atoms with E-state index in [0.717, 1.165) is 25.5 Å². The van der Waals surface area contributed by atoms with Gasteiger partial charge in [-0.15, -0.1) is 0 Å². The Kier molecular flexibility index (Phi) is 3.98. The van der Waals surface area contributed by atoms with Gasteiger partial charge in [0.1, 0.15) is 0 Å². The van der Waals surface area contributed by atoms with Gasteiger partial charge in [-0.05, 0) is 37.0 Å². The molecule has 0 saturated carbocycles. The number of nitrogens with zero attached hydrogens (tertiary/aromatic N) is 2. The fraction of sp³-hybridized carbons (Fsp3) is 0.500. The van der Waals surface area contributed by atoms with Crippen molar-refractivity contribution < 1.29 is 13.2 Å². The molecule has 1 aliphatic heterocycles. The van der Waals surface area contributed by atoms with Gasteiger partial charge in [-0.1, -0.05) is 6.07 Å². The van der Waals surface area contributed by atoms with Crippen LogP contribution in [0.15, 0.2) is 24.3 Å². The third kappa shape index (κ3) is 3.40. The number of rotatable bonds is 2. The van der Waals surface area contributed by atoms with Crippen molar-refractivity contribution in [3.8, 4) is 6.07 Å². The van der Waals surface area contributed by atoms with E-state index in [-0.39, 0.29) is 5.92 Å². The lowest BCUT2D eigenvalue weighted by atomic mass is 9.95. The maximum Gasteiger partial charge on any atom is 0.416 e. The van der Waals surface area contributed by atoms with Gasteiger partial charge < -0.3 is 4.90 Å². The highest BCUT2D eigenvalue weighted by molar-refractivity contribution is 5.49. The minimum atomic E-state index is -4.31. The second kappa shape index (κ2) is 5.52. The van der Waals surface area contributed by atoms with Gasteiger partial charge in [-0.2, -0.15) is 18.4 Å². The summed E-state index contributed by atoms with van der Waals surface area (Å²) in [5, 5.41) is 8.71. The zero-order valence-corrected chi connectivity index (χ0v) is 10.5. The van der Waals surface area contributed by atoms with Gasteiger partial charge >= 0.3 is 6.18 Å². The van der Waals surface area contributed by atoms with Gasteiger partial charge in [0.05, 0.1) is 11.6 Å². The zero-order chi connectivity index (χ0) is 13.9. The van der Waals surface area contributed by atoms with E-state index in [1.807, 2.05) is 4.90 Å². The molecular formula is C14H15F3N2. The smallest absolute Gasteiger partial charge is 0.371 e. The van der Waals surface area contributed by atoms with Gasteiger partial charge in [0, 0.05) is 25.2 Å². The van der Waals surface area contributed by atoms with E-state index in [9.17, 15) is 13.2 Å². The average Bonchev–Trinajstić information content (AvgIpc) is 2.39. The van der Waals surface area contributed by atoms with Crippen LogP contribution >= 0.6 is 0 Å². The Bertz CT molecular complexity index is 476. The molecule has 1 unspecified atom stereocenters. The van der Waals surface area contributed by atoms with E-state index in [1.165, 1.54) is 12.1 Å². The highest BCUT2D eigenvalue weighted by Gasteiger charge is 2.31. The van der Waals surface area contributed by atoms with E-state index in [1.54, 1.807) is 6.07 Å². The van der Waals surface area contributed by atoms with Crippen LogP contribution in [0, 0.1) is 17.2 Å². The number of benzene rings is 1. The molecule has 0 radical (unpaired) electrons. The Morgan fingerprint density at radius 3 is 2.84 bits per heavy atom. The third-order valence-corrected chi connectivity index (χ3v) is 3.44. The zero-order valence-electron chi connectivity index (χ0n) is 10.5. The highest BCUT2D eigenvalue weighted by Crippen LogP contribution is 2.33. The number of hydrogen-bond acceptors (Lipinski definition) is 2. The molecule has 1 atom stereocenters. The minimum Gasteiger partial charge on any atom is -0.371 e. The summed E-state index contributed by atoms with van der Waals surface area (Å²) in [6.07, 6.45) is -1.95. The van der Waals surface area contributed by atoms with Crippen molar-refractivity contribution in [3.05, 3.63) is 29.8 Å². The molecule has 102 valence electrons. The number of anilines is 1. The Hall–Kier alpha value is -1.70. The Balaban J connectivity index is 2.15. The van der Waals surface area contributed by atoms with Crippen LogP contribution in [-0.4, -0.2) is 13.1 Å². The predicted molar refractivity (Wildman–Crippen MR) is 66.6 cm³/mol. The molecule has 0 aliphatic carbocycles. The maximum atomic E-state index is 12.7. The molecule has 1 fully saturated rings. The molecule has 1 aromatic carbocycles. The first-order valence-corrected chi connectivity index (χ1v) is 6.30. The lowest BCUT2D eigenvalue weighted by Crippen LogP contribution is -2.35. The Labute approximate surface area is 110 Å². The average molecular weight is 268 g/mol. The van der Waals surface area contributed by atoms with E-state index in [4.69, 9.17) is 5.26 Å². The van der Waals surface area contributed by atoms with Crippen molar-refractivity contribution in [1.29, 1.82) is 5.26 Å². The molecule has 0 N–H and O–H groups in total. The van der Waals surface area contributed by atoms with Crippen LogP contribution in [0.4, 0.5) is 18.9 Å². The first-order valence-electron chi connectivity index (χ1n) is 6.30. The molecule has 1 aromatic rings. The number of nitriles is 1. The number of hydrogen-bond donors (Lipinski definition) is 0. The fourth-order valence-electron chi connectivity index (χ4n) is 2.47. The van der Waals surface area contributed by atoms with Gasteiger partial charge in [-0.3, -0.25) is 0 Å². The summed E-state index contributed by atoms with van der Waals surface area (Å²) >= 11 is 0. The standard InChI is InChI=1S/C14H15F3N2/c15-14(16,17)12-4-1-5-13(9-12)19-8-2-3-11(10-19)6-7-18/h1,4-5,9,11H,2-3,6,8,10H2. The SMILES string of the molecule is N#CCC1CCCN(c2cccc(C(F)(F)F)c2)C1. The molecule has 1 heterocycles. The maximum absolute atomic E-state index is 12.7. The van der Waals surface area contributed by atoms with Crippen LogP contribution in [0.25, 0.3) is 0 Å². The number of piperidine rings is 1. The first kappa shape index (κ1) is 13.7. The van der Waals surface area contributed by atoms with E-state index >= 15 is 0 Å². The molecule has 2 nitrogen and oxygen atoms in total. The summed E-state index contributed by atoms with van der Waals surface area (Å²) in [6.45, 7) is 1.41. The van der Waals surface area contributed by atoms with Gasteiger partial charge in [0.15, 0.2) is 0 Å². The summed E-state index contributed by atoms with van der Waals surface area (Å²) in [7, 11) is 0. The summed E-state index contributed by atoms with van der Waals surface area (Å²) in [5.74, 6) is 0.258. The van der Waals surface area contributed by atoms with E-state index in [2.05, 4.69) is 6.07 Å². The van der Waals surface area contributed by atoms with Gasteiger partial charge in [0.25, 0.3) is 0 Å². The molecule has 19 heavy (non-hydrogen) atoms. The lowest BCUT2D eigenvalue weighted by Gasteiger charge is -2.33. The number of alkyl halides is 3. The van der Waals surface area contributed by atoms with Crippen molar-refractivity contribution in [3.63, 3.8) is 0 Å². The van der Waals surface area contributed by atoms with Crippen LogP contribution in [-0.2, 0) is 6.18 Å². The molecular weight excluding hydrogens is 253 g/mol. The fourth-order valence-corrected chi connectivity index (χ4v) is 2.47.